The predicted molar refractivity (Wildman–Crippen MR) is 38.7 cm³/mol. The lowest BCUT2D eigenvalue weighted by Gasteiger charge is -1.80. The van der Waals surface area contributed by atoms with Crippen LogP contribution in [0, 0.1) is 0 Å². The topological polar surface area (TPSA) is 76.7 Å². The fourth-order valence-corrected chi connectivity index (χ4v) is 0.696. The van der Waals surface area contributed by atoms with Gasteiger partial charge in [-0.15, -0.1) is 0 Å². The highest BCUT2D eigenvalue weighted by Gasteiger charge is 2.06. The molecule has 0 spiro atoms. The predicted octanol–water partition coefficient (Wildman–Crippen LogP) is -0.548. The molecule has 2 amide bonds. The van der Waals surface area contributed by atoms with E-state index >= 15 is 0 Å². The van der Waals surface area contributed by atoms with E-state index in [9.17, 15) is 9.59 Å². The van der Waals surface area contributed by atoms with Crippen LogP contribution in [0.15, 0.2) is 0 Å². The summed E-state index contributed by atoms with van der Waals surface area (Å²) in [5, 5.41) is 4.92. The molecule has 0 bridgehead atoms. The molecule has 0 aliphatic carbocycles. The molecule has 0 atom stereocenters. The average Bonchev–Trinajstić information content (AvgIpc) is 2.63. The fraction of sp³-hybridized carbons (Fsp3) is 0.667. The number of nitrogens with one attached hydrogen (secondary N) is 2. The van der Waals surface area contributed by atoms with Gasteiger partial charge in [-0.25, -0.2) is 9.59 Å². The Labute approximate surface area is 69.2 Å². The largest absolute Gasteiger partial charge is 0.448 e. The van der Waals surface area contributed by atoms with Gasteiger partial charge in [0.05, 0.1) is 13.1 Å². The molecule has 0 aromatic heterocycles. The van der Waals surface area contributed by atoms with E-state index in [1.54, 1.807) is 0 Å². The monoisotopic (exact) mass is 174 g/mol. The summed E-state index contributed by atoms with van der Waals surface area (Å²) >= 11 is 0. The zero-order chi connectivity index (χ0) is 8.81. The first kappa shape index (κ1) is 8.63. The highest BCUT2D eigenvalue weighted by atomic mass is 16.6. The molecule has 68 valence electrons. The van der Waals surface area contributed by atoms with Crippen molar-refractivity contribution in [2.75, 3.05) is 26.3 Å². The molecular formula is C6H10N2O4. The third-order valence-corrected chi connectivity index (χ3v) is 1.21. The van der Waals surface area contributed by atoms with Gasteiger partial charge in [0.15, 0.2) is 0 Å². The van der Waals surface area contributed by atoms with Crippen LogP contribution in [0.2, 0.25) is 0 Å². The molecule has 0 aromatic rings. The van der Waals surface area contributed by atoms with E-state index in [1.807, 2.05) is 0 Å². The summed E-state index contributed by atoms with van der Waals surface area (Å²) in [5.41, 5.74) is 0. The first-order valence-corrected chi connectivity index (χ1v) is 3.60. The maximum atomic E-state index is 9.91. The average molecular weight is 174 g/mol. The summed E-state index contributed by atoms with van der Waals surface area (Å²) in [7, 11) is 0. The summed E-state index contributed by atoms with van der Waals surface area (Å²) in [5.74, 6) is 0. The molecule has 2 aliphatic heterocycles. The van der Waals surface area contributed by atoms with E-state index in [1.165, 1.54) is 0 Å². The first-order chi connectivity index (χ1) is 5.79. The van der Waals surface area contributed by atoms with Gasteiger partial charge in [-0.1, -0.05) is 0 Å². The quantitative estimate of drug-likeness (QED) is 0.516. The number of amides is 2. The number of carbonyl (C=O) groups excluding carboxylic acids is 2. The molecule has 2 rings (SSSR count). The Hall–Kier alpha value is -1.46. The number of alkyl carbamates (subject to hydrolysis) is 2. The summed E-state index contributed by atoms with van der Waals surface area (Å²) in [6, 6.07) is 0. The lowest BCUT2D eigenvalue weighted by Crippen LogP contribution is -2.11. The standard InChI is InChI=1S/2C3H5NO2/c2*5-3-4-1-2-6-3/h2*1-2H2,(H,4,5). The summed E-state index contributed by atoms with van der Waals surface area (Å²) < 4.78 is 8.81. The Morgan fingerprint density at radius 1 is 0.917 bits per heavy atom. The molecule has 0 aromatic carbocycles. The second-order valence-electron chi connectivity index (χ2n) is 2.13. The highest BCUT2D eigenvalue weighted by molar-refractivity contribution is 5.68. The first-order valence-electron chi connectivity index (χ1n) is 3.60. The maximum absolute atomic E-state index is 9.91. The van der Waals surface area contributed by atoms with E-state index in [0.717, 1.165) is 0 Å². The van der Waals surface area contributed by atoms with Gasteiger partial charge in [0.25, 0.3) is 0 Å². The Morgan fingerprint density at radius 3 is 1.42 bits per heavy atom. The SMILES string of the molecule is O=C1NCCO1.O=C1NCCO1. The van der Waals surface area contributed by atoms with Crippen LogP contribution in [0.5, 0.6) is 0 Å². The fourth-order valence-electron chi connectivity index (χ4n) is 0.696. The number of cyclic esters (lactones) is 2. The van der Waals surface area contributed by atoms with Crippen molar-refractivity contribution >= 4 is 12.2 Å². The van der Waals surface area contributed by atoms with Crippen LogP contribution in [0.25, 0.3) is 0 Å². The van der Waals surface area contributed by atoms with Crippen molar-refractivity contribution in [3.63, 3.8) is 0 Å². The van der Waals surface area contributed by atoms with Gasteiger partial charge in [0.1, 0.15) is 13.2 Å². The van der Waals surface area contributed by atoms with E-state index in [0.29, 0.717) is 26.3 Å². The van der Waals surface area contributed by atoms with Gasteiger partial charge in [-0.05, 0) is 0 Å². The molecule has 0 saturated carbocycles. The lowest BCUT2D eigenvalue weighted by molar-refractivity contribution is 0.177. The van der Waals surface area contributed by atoms with Gasteiger partial charge in [-0.3, -0.25) is 0 Å². The summed E-state index contributed by atoms with van der Waals surface area (Å²) in [6.45, 7) is 2.38. The molecule has 2 aliphatic rings. The molecule has 2 fully saturated rings. The third kappa shape index (κ3) is 3.09. The summed E-state index contributed by atoms with van der Waals surface area (Å²) in [6.07, 6.45) is -0.593. The van der Waals surface area contributed by atoms with Gasteiger partial charge in [-0.2, -0.15) is 0 Å². The minimum Gasteiger partial charge on any atom is -0.448 e. The Bertz CT molecular complexity index is 146. The van der Waals surface area contributed by atoms with Crippen molar-refractivity contribution in [3.8, 4) is 0 Å². The van der Waals surface area contributed by atoms with Crippen LogP contribution in [0.3, 0.4) is 0 Å². The number of hydrogen-bond acceptors (Lipinski definition) is 4. The number of rotatable bonds is 0. The molecule has 12 heavy (non-hydrogen) atoms. The lowest BCUT2D eigenvalue weighted by atomic mass is 10.7. The van der Waals surface area contributed by atoms with Gasteiger partial charge >= 0.3 is 12.2 Å². The molecule has 6 heteroatoms. The number of ether oxygens (including phenoxy) is 2. The van der Waals surface area contributed by atoms with Crippen molar-refractivity contribution in [1.29, 1.82) is 0 Å². The zero-order valence-corrected chi connectivity index (χ0v) is 6.46. The Kier molecular flexibility index (Phi) is 3.18. The van der Waals surface area contributed by atoms with Crippen LogP contribution in [-0.4, -0.2) is 38.5 Å². The third-order valence-electron chi connectivity index (χ3n) is 1.21. The number of carbonyl (C=O) groups is 2. The molecule has 2 saturated heterocycles. The van der Waals surface area contributed by atoms with E-state index in [-0.39, 0.29) is 12.2 Å². The van der Waals surface area contributed by atoms with Crippen LogP contribution >= 0.6 is 0 Å². The van der Waals surface area contributed by atoms with Crippen molar-refractivity contribution in [1.82, 2.24) is 10.6 Å². The van der Waals surface area contributed by atoms with Crippen LogP contribution in [-0.2, 0) is 9.47 Å². The van der Waals surface area contributed by atoms with Crippen molar-refractivity contribution in [2.24, 2.45) is 0 Å². The molecule has 6 nitrogen and oxygen atoms in total. The van der Waals surface area contributed by atoms with Gasteiger partial charge in [0.2, 0.25) is 0 Å². The van der Waals surface area contributed by atoms with Crippen molar-refractivity contribution < 1.29 is 19.1 Å². The van der Waals surface area contributed by atoms with E-state index < -0.39 is 0 Å². The maximum Gasteiger partial charge on any atom is 0.407 e. The van der Waals surface area contributed by atoms with Crippen LogP contribution in [0.1, 0.15) is 0 Å². The molecule has 0 unspecified atom stereocenters. The summed E-state index contributed by atoms with van der Waals surface area (Å²) in [4.78, 5) is 19.8. The minimum atomic E-state index is -0.296. The highest BCUT2D eigenvalue weighted by Crippen LogP contribution is 1.82. The van der Waals surface area contributed by atoms with Gasteiger partial charge in [0, 0.05) is 0 Å². The normalized spacial score (nSPS) is 19.7. The van der Waals surface area contributed by atoms with E-state index in [2.05, 4.69) is 20.1 Å². The van der Waals surface area contributed by atoms with E-state index in [4.69, 9.17) is 0 Å². The Morgan fingerprint density at radius 2 is 1.33 bits per heavy atom. The minimum absolute atomic E-state index is 0.296. The van der Waals surface area contributed by atoms with Crippen LogP contribution < -0.4 is 10.6 Å². The second kappa shape index (κ2) is 4.42. The number of hydrogen-bond donors (Lipinski definition) is 2. The second-order valence-corrected chi connectivity index (χ2v) is 2.13. The van der Waals surface area contributed by atoms with Crippen molar-refractivity contribution in [3.05, 3.63) is 0 Å². The smallest absolute Gasteiger partial charge is 0.407 e. The van der Waals surface area contributed by atoms with Crippen molar-refractivity contribution in [2.45, 2.75) is 0 Å². The molecular weight excluding hydrogens is 164 g/mol. The molecule has 0 radical (unpaired) electrons. The Balaban J connectivity index is 0.000000120. The van der Waals surface area contributed by atoms with Crippen LogP contribution in [0.4, 0.5) is 9.59 Å². The molecule has 2 heterocycles. The van der Waals surface area contributed by atoms with Gasteiger partial charge < -0.3 is 20.1 Å². The zero-order valence-electron chi connectivity index (χ0n) is 6.46. The molecule has 2 N–H and O–H groups in total.